The fourth-order valence-corrected chi connectivity index (χ4v) is 7.85. The van der Waals surface area contributed by atoms with E-state index in [0.29, 0.717) is 11.0 Å². The van der Waals surface area contributed by atoms with Gasteiger partial charge in [-0.1, -0.05) is 109 Å². The molecule has 4 nitrogen and oxygen atoms in total. The maximum absolute atomic E-state index is 6.54. The van der Waals surface area contributed by atoms with Gasteiger partial charge in [-0.05, 0) is 68.0 Å². The van der Waals surface area contributed by atoms with E-state index in [0.717, 1.165) is 47.6 Å². The lowest BCUT2D eigenvalue weighted by Crippen LogP contribution is -1.95. The number of pyridine rings is 1. The predicted octanol–water partition coefficient (Wildman–Crippen LogP) is 11.5. The highest BCUT2D eigenvalue weighted by molar-refractivity contribution is 7.19. The maximum Gasteiger partial charge on any atom is 0.163 e. The molecule has 7 heteroatoms. The van der Waals surface area contributed by atoms with Gasteiger partial charge in [-0.3, -0.25) is 0 Å². The third kappa shape index (κ3) is 5.27. The number of fused-ring (bicyclic) bond motifs is 1. The Morgan fingerprint density at radius 1 is 0.467 bits per heavy atom. The number of aromatic nitrogens is 3. The number of rotatable bonds is 7. The summed E-state index contributed by atoms with van der Waals surface area (Å²) in [6.07, 6.45) is 0. The van der Waals surface area contributed by atoms with Crippen LogP contribution in [-0.2, 0) is 5.88 Å². The molecule has 0 atom stereocenters. The topological polar surface area (TPSA) is 51.8 Å². The van der Waals surface area contributed by atoms with E-state index in [-0.39, 0.29) is 5.88 Å². The normalized spacial score (nSPS) is 11.3. The first-order valence-corrected chi connectivity index (χ1v) is 16.6. The van der Waals surface area contributed by atoms with Crippen LogP contribution in [0.15, 0.2) is 138 Å². The monoisotopic (exact) mass is 637 g/mol. The van der Waals surface area contributed by atoms with E-state index < -0.39 is 0 Å². The molecule has 4 aromatic heterocycles. The number of hydrogen-bond acceptors (Lipinski definition) is 6. The van der Waals surface area contributed by atoms with Gasteiger partial charge in [-0.15, -0.1) is 34.3 Å². The van der Waals surface area contributed by atoms with Gasteiger partial charge in [0.15, 0.2) is 5.52 Å². The molecule has 0 amide bonds. The Kier molecular flexibility index (Phi) is 7.31. The SMILES string of the molecule is ClCc1nc(-c2ccc(-c3ccc(-c4ccccc4)cc3)s2)c2nonc2c1-c1ccc(-c2ccc(-c3ccccc3)cc2)s1. The van der Waals surface area contributed by atoms with Crippen molar-refractivity contribution in [3.8, 4) is 64.1 Å². The summed E-state index contributed by atoms with van der Waals surface area (Å²) < 4.78 is 5.31. The standard InChI is InChI=1S/C38H24ClN3OS2/c39-23-30-35(33-21-19-31(44-33)28-15-11-26(12-16-28)24-7-3-1-4-8-24)37-38(42-43-41-37)36(40-30)34-22-20-32(45-34)29-17-13-27(14-18-29)25-9-5-2-6-10-25/h1-22H,23H2. The lowest BCUT2D eigenvalue weighted by molar-refractivity contribution is 0.315. The van der Waals surface area contributed by atoms with Gasteiger partial charge in [0.05, 0.1) is 16.5 Å². The van der Waals surface area contributed by atoms with Crippen LogP contribution in [-0.4, -0.2) is 15.3 Å². The van der Waals surface area contributed by atoms with Crippen molar-refractivity contribution in [2.24, 2.45) is 0 Å². The minimum absolute atomic E-state index is 0.239. The minimum atomic E-state index is 0.239. The molecule has 0 aliphatic carbocycles. The molecule has 0 radical (unpaired) electrons. The van der Waals surface area contributed by atoms with Crippen molar-refractivity contribution in [2.75, 3.05) is 0 Å². The number of benzene rings is 4. The average Bonchev–Trinajstić information content (AvgIpc) is 3.91. The fourth-order valence-electron chi connectivity index (χ4n) is 5.58. The molecule has 0 fully saturated rings. The Hall–Kier alpha value is -4.88. The van der Waals surface area contributed by atoms with Crippen LogP contribution >= 0.6 is 34.3 Å². The Labute approximate surface area is 273 Å². The second kappa shape index (κ2) is 11.9. The number of nitrogens with zero attached hydrogens (tertiary/aromatic N) is 3. The molecule has 0 saturated heterocycles. The highest BCUT2D eigenvalue weighted by atomic mass is 35.5. The van der Waals surface area contributed by atoms with Crippen molar-refractivity contribution >= 4 is 45.3 Å². The highest BCUT2D eigenvalue weighted by Crippen LogP contribution is 2.43. The van der Waals surface area contributed by atoms with Gasteiger partial charge >= 0.3 is 0 Å². The summed E-state index contributed by atoms with van der Waals surface area (Å²) in [5.74, 6) is 0.239. The molecule has 0 bridgehead atoms. The zero-order valence-corrected chi connectivity index (χ0v) is 26.2. The van der Waals surface area contributed by atoms with Gasteiger partial charge < -0.3 is 0 Å². The van der Waals surface area contributed by atoms with E-state index in [2.05, 4.69) is 132 Å². The number of thiophene rings is 2. The Balaban J connectivity index is 1.11. The van der Waals surface area contributed by atoms with Crippen LogP contribution < -0.4 is 0 Å². The second-order valence-electron chi connectivity index (χ2n) is 10.6. The van der Waals surface area contributed by atoms with E-state index >= 15 is 0 Å². The smallest absolute Gasteiger partial charge is 0.163 e. The van der Waals surface area contributed by atoms with Crippen LogP contribution in [0.3, 0.4) is 0 Å². The summed E-state index contributed by atoms with van der Waals surface area (Å²) in [6, 6.07) is 46.6. The summed E-state index contributed by atoms with van der Waals surface area (Å²) in [6.45, 7) is 0. The van der Waals surface area contributed by atoms with Crippen molar-refractivity contribution < 1.29 is 4.63 Å². The zero-order valence-electron chi connectivity index (χ0n) is 23.9. The molecule has 45 heavy (non-hydrogen) atoms. The third-order valence-corrected chi connectivity index (χ3v) is 10.4. The number of hydrogen-bond donors (Lipinski definition) is 0. The summed E-state index contributed by atoms with van der Waals surface area (Å²) in [5.41, 5.74) is 10.8. The van der Waals surface area contributed by atoms with Crippen molar-refractivity contribution in [3.63, 3.8) is 0 Å². The van der Waals surface area contributed by atoms with Crippen LogP contribution in [0.5, 0.6) is 0 Å². The molecule has 0 saturated carbocycles. The van der Waals surface area contributed by atoms with E-state index in [9.17, 15) is 0 Å². The first-order chi connectivity index (χ1) is 22.2. The van der Waals surface area contributed by atoms with Crippen molar-refractivity contribution in [1.82, 2.24) is 15.3 Å². The highest BCUT2D eigenvalue weighted by Gasteiger charge is 2.23. The molecule has 0 spiro atoms. The zero-order chi connectivity index (χ0) is 30.2. The molecule has 8 aromatic rings. The van der Waals surface area contributed by atoms with Crippen LogP contribution in [0, 0.1) is 0 Å². The predicted molar refractivity (Wildman–Crippen MR) is 188 cm³/mol. The number of halogens is 1. The van der Waals surface area contributed by atoms with Crippen LogP contribution in [0.25, 0.3) is 75.2 Å². The quantitative estimate of drug-likeness (QED) is 0.163. The molecule has 0 aliphatic rings. The Bertz CT molecular complexity index is 2240. The molecule has 8 rings (SSSR count). The van der Waals surface area contributed by atoms with Gasteiger partial charge in [0.2, 0.25) is 0 Å². The van der Waals surface area contributed by atoms with E-state index in [1.807, 2.05) is 12.1 Å². The van der Waals surface area contributed by atoms with Gasteiger partial charge in [0.25, 0.3) is 0 Å². The third-order valence-electron chi connectivity index (χ3n) is 7.86. The van der Waals surface area contributed by atoms with Gasteiger partial charge in [-0.2, -0.15) is 0 Å². The van der Waals surface area contributed by atoms with E-state index in [1.165, 1.54) is 22.3 Å². The van der Waals surface area contributed by atoms with Gasteiger partial charge in [-0.25, -0.2) is 9.61 Å². The summed E-state index contributed by atoms with van der Waals surface area (Å²) in [4.78, 5) is 9.36. The molecule has 216 valence electrons. The lowest BCUT2D eigenvalue weighted by atomic mass is 10.0. The molecule has 0 N–H and O–H groups in total. The minimum Gasteiger partial charge on any atom is -0.247 e. The molecular weight excluding hydrogens is 614 g/mol. The summed E-state index contributed by atoms with van der Waals surface area (Å²) in [5, 5.41) is 8.65. The van der Waals surface area contributed by atoms with Crippen molar-refractivity contribution in [1.29, 1.82) is 0 Å². The molecule has 4 aromatic carbocycles. The van der Waals surface area contributed by atoms with Crippen LogP contribution in [0.1, 0.15) is 5.69 Å². The second-order valence-corrected chi connectivity index (χ2v) is 13.0. The first-order valence-electron chi connectivity index (χ1n) is 14.5. The van der Waals surface area contributed by atoms with Gasteiger partial charge in [0, 0.05) is 20.2 Å². The Morgan fingerprint density at radius 3 is 1.47 bits per heavy atom. The maximum atomic E-state index is 6.54. The van der Waals surface area contributed by atoms with E-state index in [1.54, 1.807) is 22.7 Å². The van der Waals surface area contributed by atoms with Crippen molar-refractivity contribution in [3.05, 3.63) is 139 Å². The molecule has 0 aliphatic heterocycles. The molecular formula is C38H24ClN3OS2. The van der Waals surface area contributed by atoms with Crippen LogP contribution in [0.2, 0.25) is 0 Å². The first kappa shape index (κ1) is 27.7. The molecule has 4 heterocycles. The van der Waals surface area contributed by atoms with Crippen LogP contribution in [0.4, 0.5) is 0 Å². The fraction of sp³-hybridized carbons (Fsp3) is 0.0263. The van der Waals surface area contributed by atoms with E-state index in [4.69, 9.17) is 21.2 Å². The van der Waals surface area contributed by atoms with Gasteiger partial charge in [0.1, 0.15) is 11.2 Å². The summed E-state index contributed by atoms with van der Waals surface area (Å²) in [7, 11) is 0. The largest absolute Gasteiger partial charge is 0.247 e. The average molecular weight is 638 g/mol. The summed E-state index contributed by atoms with van der Waals surface area (Å²) >= 11 is 9.90. The lowest BCUT2D eigenvalue weighted by Gasteiger charge is -2.08. The Morgan fingerprint density at radius 2 is 0.911 bits per heavy atom. The molecule has 0 unspecified atom stereocenters. The van der Waals surface area contributed by atoms with Crippen molar-refractivity contribution in [2.45, 2.75) is 5.88 Å². The number of alkyl halides is 1.